The van der Waals surface area contributed by atoms with E-state index in [2.05, 4.69) is 10.0 Å². The van der Waals surface area contributed by atoms with Gasteiger partial charge in [0.2, 0.25) is 10.0 Å². The van der Waals surface area contributed by atoms with E-state index in [1.807, 2.05) is 0 Å². The molecule has 0 saturated heterocycles. The van der Waals surface area contributed by atoms with Gasteiger partial charge in [-0.2, -0.15) is 0 Å². The maximum atomic E-state index is 12.3. The topological polar surface area (TPSA) is 115 Å². The Morgan fingerprint density at radius 2 is 1.65 bits per heavy atom. The minimum absolute atomic E-state index is 0.0102. The third-order valence-corrected chi connectivity index (χ3v) is 6.03. The van der Waals surface area contributed by atoms with Crippen molar-refractivity contribution in [2.45, 2.75) is 11.4 Å². The SMILES string of the molecule is O=C(COC(=O)c1ccc(S(=O)(=O)NCc2ccco2)cc1)Nc1c(Cl)cccc1Cl. The molecule has 0 aliphatic carbocycles. The number of para-hydroxylation sites is 1. The molecule has 2 aromatic carbocycles. The molecule has 0 radical (unpaired) electrons. The third kappa shape index (κ3) is 6.08. The fourth-order valence-corrected chi connectivity index (χ4v) is 3.93. The quantitative estimate of drug-likeness (QED) is 0.471. The van der Waals surface area contributed by atoms with Gasteiger partial charge in [0.1, 0.15) is 5.76 Å². The normalized spacial score (nSPS) is 11.2. The second-order valence-corrected chi connectivity index (χ2v) is 8.73. The van der Waals surface area contributed by atoms with Crippen LogP contribution in [0.2, 0.25) is 10.0 Å². The molecule has 0 unspecified atom stereocenters. The van der Waals surface area contributed by atoms with E-state index < -0.39 is 28.5 Å². The van der Waals surface area contributed by atoms with Gasteiger partial charge >= 0.3 is 5.97 Å². The maximum absolute atomic E-state index is 12.3. The summed E-state index contributed by atoms with van der Waals surface area (Å²) in [4.78, 5) is 24.1. The zero-order chi connectivity index (χ0) is 22.4. The van der Waals surface area contributed by atoms with E-state index in [4.69, 9.17) is 32.4 Å². The molecule has 0 aliphatic heterocycles. The summed E-state index contributed by atoms with van der Waals surface area (Å²) in [5.74, 6) is -0.974. The minimum Gasteiger partial charge on any atom is -0.468 e. The number of rotatable bonds is 8. The van der Waals surface area contributed by atoms with Crippen molar-refractivity contribution >= 4 is 50.8 Å². The zero-order valence-corrected chi connectivity index (χ0v) is 18.1. The summed E-state index contributed by atoms with van der Waals surface area (Å²) in [5, 5.41) is 2.95. The van der Waals surface area contributed by atoms with E-state index in [1.165, 1.54) is 30.5 Å². The number of hydrogen-bond acceptors (Lipinski definition) is 6. The number of ether oxygens (including phenoxy) is 1. The smallest absolute Gasteiger partial charge is 0.338 e. The molecule has 2 N–H and O–H groups in total. The average molecular weight is 483 g/mol. The Kier molecular flexibility index (Phi) is 7.34. The lowest BCUT2D eigenvalue weighted by atomic mass is 10.2. The molecule has 11 heteroatoms. The van der Waals surface area contributed by atoms with Crippen LogP contribution in [0.3, 0.4) is 0 Å². The number of carbonyl (C=O) groups excluding carboxylic acids is 2. The van der Waals surface area contributed by atoms with E-state index in [9.17, 15) is 18.0 Å². The first kappa shape index (κ1) is 22.8. The van der Waals surface area contributed by atoms with Crippen LogP contribution in [0.25, 0.3) is 0 Å². The molecule has 0 saturated carbocycles. The fourth-order valence-electron chi connectivity index (χ4n) is 2.44. The number of amides is 1. The summed E-state index contributed by atoms with van der Waals surface area (Å²) in [5.41, 5.74) is 0.289. The Labute approximate surface area is 188 Å². The summed E-state index contributed by atoms with van der Waals surface area (Å²) in [6, 6.07) is 13.1. The summed E-state index contributed by atoms with van der Waals surface area (Å²) in [7, 11) is -3.80. The van der Waals surface area contributed by atoms with Crippen molar-refractivity contribution in [1.82, 2.24) is 4.72 Å². The number of halogens is 2. The first-order valence-electron chi connectivity index (χ1n) is 8.79. The van der Waals surface area contributed by atoms with E-state index in [0.717, 1.165) is 0 Å². The molecule has 0 spiro atoms. The zero-order valence-electron chi connectivity index (χ0n) is 15.8. The molecule has 0 fully saturated rings. The van der Waals surface area contributed by atoms with Crippen LogP contribution in [-0.2, 0) is 26.1 Å². The second kappa shape index (κ2) is 9.97. The first-order chi connectivity index (χ1) is 14.8. The van der Waals surface area contributed by atoms with Gasteiger partial charge in [0.15, 0.2) is 6.61 Å². The molecule has 1 aromatic heterocycles. The lowest BCUT2D eigenvalue weighted by Crippen LogP contribution is -2.23. The van der Waals surface area contributed by atoms with Gasteiger partial charge in [0.05, 0.1) is 39.0 Å². The van der Waals surface area contributed by atoms with Crippen LogP contribution < -0.4 is 10.0 Å². The summed E-state index contributed by atoms with van der Waals surface area (Å²) < 4.78 is 37.0. The van der Waals surface area contributed by atoms with Crippen LogP contribution in [0.1, 0.15) is 16.1 Å². The van der Waals surface area contributed by atoms with Crippen molar-refractivity contribution < 1.29 is 27.2 Å². The van der Waals surface area contributed by atoms with E-state index in [1.54, 1.807) is 30.3 Å². The Hall–Kier alpha value is -2.85. The standard InChI is InChI=1S/C20H16Cl2N2O6S/c21-16-4-1-5-17(22)19(16)24-18(25)12-30-20(26)13-6-8-15(9-7-13)31(27,28)23-11-14-3-2-10-29-14/h1-10,23H,11-12H2,(H,24,25). The summed E-state index contributed by atoms with van der Waals surface area (Å²) >= 11 is 11.9. The number of benzene rings is 2. The van der Waals surface area contributed by atoms with Gasteiger partial charge in [-0.15, -0.1) is 0 Å². The van der Waals surface area contributed by atoms with Crippen molar-refractivity contribution in [3.05, 3.63) is 82.2 Å². The lowest BCUT2D eigenvalue weighted by Gasteiger charge is -2.10. The molecule has 0 aliphatic rings. The average Bonchev–Trinajstić information content (AvgIpc) is 3.27. The van der Waals surface area contributed by atoms with E-state index >= 15 is 0 Å². The number of hydrogen-bond donors (Lipinski definition) is 2. The third-order valence-electron chi connectivity index (χ3n) is 3.98. The highest BCUT2D eigenvalue weighted by molar-refractivity contribution is 7.89. The van der Waals surface area contributed by atoms with Crippen molar-refractivity contribution in [2.75, 3.05) is 11.9 Å². The molecule has 0 bridgehead atoms. The molecular weight excluding hydrogens is 467 g/mol. The highest BCUT2D eigenvalue weighted by atomic mass is 35.5. The minimum atomic E-state index is -3.80. The molecule has 162 valence electrons. The molecule has 8 nitrogen and oxygen atoms in total. The number of sulfonamides is 1. The van der Waals surface area contributed by atoms with Crippen molar-refractivity contribution in [2.24, 2.45) is 0 Å². The number of esters is 1. The van der Waals surface area contributed by atoms with Gasteiger partial charge in [-0.25, -0.2) is 17.9 Å². The lowest BCUT2D eigenvalue weighted by molar-refractivity contribution is -0.119. The number of carbonyl (C=O) groups is 2. The Morgan fingerprint density at radius 3 is 2.26 bits per heavy atom. The van der Waals surface area contributed by atoms with Crippen molar-refractivity contribution in [3.63, 3.8) is 0 Å². The van der Waals surface area contributed by atoms with E-state index in [-0.39, 0.29) is 32.7 Å². The maximum Gasteiger partial charge on any atom is 0.338 e. The van der Waals surface area contributed by atoms with Gasteiger partial charge in [-0.3, -0.25) is 4.79 Å². The van der Waals surface area contributed by atoms with Gasteiger partial charge < -0.3 is 14.5 Å². The molecule has 31 heavy (non-hydrogen) atoms. The summed E-state index contributed by atoms with van der Waals surface area (Å²) in [6.45, 7) is -0.588. The molecule has 0 atom stereocenters. The van der Waals surface area contributed by atoms with Crippen LogP contribution in [-0.4, -0.2) is 26.9 Å². The fraction of sp³-hybridized carbons (Fsp3) is 0.100. The number of nitrogens with one attached hydrogen (secondary N) is 2. The van der Waals surface area contributed by atoms with Crippen LogP contribution in [0.5, 0.6) is 0 Å². The largest absolute Gasteiger partial charge is 0.468 e. The van der Waals surface area contributed by atoms with Crippen LogP contribution in [0.15, 0.2) is 70.2 Å². The second-order valence-electron chi connectivity index (χ2n) is 6.15. The van der Waals surface area contributed by atoms with Gasteiger partial charge in [0, 0.05) is 0 Å². The number of furan rings is 1. The van der Waals surface area contributed by atoms with Crippen molar-refractivity contribution in [1.29, 1.82) is 0 Å². The monoisotopic (exact) mass is 482 g/mol. The molecule has 1 heterocycles. The molecule has 3 aromatic rings. The highest BCUT2D eigenvalue weighted by Gasteiger charge is 2.17. The van der Waals surface area contributed by atoms with Crippen LogP contribution >= 0.6 is 23.2 Å². The molecule has 1 amide bonds. The molecule has 3 rings (SSSR count). The van der Waals surface area contributed by atoms with Crippen molar-refractivity contribution in [3.8, 4) is 0 Å². The van der Waals surface area contributed by atoms with Crippen LogP contribution in [0, 0.1) is 0 Å². The predicted octanol–water partition coefficient (Wildman–Crippen LogP) is 3.86. The predicted molar refractivity (Wildman–Crippen MR) is 115 cm³/mol. The van der Waals surface area contributed by atoms with Crippen LogP contribution in [0.4, 0.5) is 5.69 Å². The molecular formula is C20H16Cl2N2O6S. The highest BCUT2D eigenvalue weighted by Crippen LogP contribution is 2.29. The van der Waals surface area contributed by atoms with Gasteiger partial charge in [-0.1, -0.05) is 29.3 Å². The number of anilines is 1. The van der Waals surface area contributed by atoms with Gasteiger partial charge in [-0.05, 0) is 48.5 Å². The van der Waals surface area contributed by atoms with Gasteiger partial charge in [0.25, 0.3) is 5.91 Å². The first-order valence-corrected chi connectivity index (χ1v) is 11.0. The Bertz CT molecular complexity index is 1160. The van der Waals surface area contributed by atoms with E-state index in [0.29, 0.717) is 5.76 Å². The Balaban J connectivity index is 1.55. The Morgan fingerprint density at radius 1 is 0.968 bits per heavy atom. The summed E-state index contributed by atoms with van der Waals surface area (Å²) in [6.07, 6.45) is 1.44.